The Morgan fingerprint density at radius 3 is 1.75 bits per heavy atom. The molecule has 1 heterocycles. The summed E-state index contributed by atoms with van der Waals surface area (Å²) in [5.74, 6) is 0. The standard InChI is InChI=1S/C61H43NO/c1-61(2)54-26-10-6-21-48(54)49-36-32-43(39-55(49)61)40-30-34-45(35-31-40)62(56-27-11-7-20-46(56)44-33-37-59-53(38-44)51-23-9-13-29-58(51)63-59)57-28-12-8-22-50(57)52-25-15-19-42-18-14-24-47(60(42)52)41-16-4-3-5-17-41/h3-39H,1-2H3. The predicted molar refractivity (Wildman–Crippen MR) is 265 cm³/mol. The van der Waals surface area contributed by atoms with Gasteiger partial charge in [0.1, 0.15) is 11.2 Å². The lowest BCUT2D eigenvalue weighted by molar-refractivity contribution is 0.660. The van der Waals surface area contributed by atoms with Gasteiger partial charge in [-0.1, -0.05) is 190 Å². The van der Waals surface area contributed by atoms with E-state index < -0.39 is 0 Å². The smallest absolute Gasteiger partial charge is 0.135 e. The quantitative estimate of drug-likeness (QED) is 0.160. The fourth-order valence-electron chi connectivity index (χ4n) is 10.2. The number of nitrogens with zero attached hydrogens (tertiary/aromatic N) is 1. The maximum atomic E-state index is 6.29. The molecular weight excluding hydrogens is 763 g/mol. The zero-order valence-corrected chi connectivity index (χ0v) is 35.2. The average molecular weight is 806 g/mol. The molecule has 0 N–H and O–H groups in total. The van der Waals surface area contributed by atoms with Gasteiger partial charge < -0.3 is 9.32 Å². The number of hydrogen-bond acceptors (Lipinski definition) is 2. The van der Waals surface area contributed by atoms with Gasteiger partial charge in [0.05, 0.1) is 11.4 Å². The maximum Gasteiger partial charge on any atom is 0.135 e. The highest BCUT2D eigenvalue weighted by Gasteiger charge is 2.35. The van der Waals surface area contributed by atoms with E-state index in [-0.39, 0.29) is 5.41 Å². The van der Waals surface area contributed by atoms with Gasteiger partial charge >= 0.3 is 0 Å². The van der Waals surface area contributed by atoms with Crippen molar-refractivity contribution >= 4 is 49.8 Å². The van der Waals surface area contributed by atoms with Crippen LogP contribution in [0.2, 0.25) is 0 Å². The Kier molecular flexibility index (Phi) is 8.55. The minimum atomic E-state index is -0.0696. The summed E-state index contributed by atoms with van der Waals surface area (Å²) >= 11 is 0. The summed E-state index contributed by atoms with van der Waals surface area (Å²) in [5.41, 5.74) is 19.9. The van der Waals surface area contributed by atoms with E-state index >= 15 is 0 Å². The van der Waals surface area contributed by atoms with E-state index in [0.717, 1.165) is 55.7 Å². The van der Waals surface area contributed by atoms with Crippen LogP contribution in [0.5, 0.6) is 0 Å². The lowest BCUT2D eigenvalue weighted by Crippen LogP contribution is -2.14. The van der Waals surface area contributed by atoms with E-state index in [0.29, 0.717) is 0 Å². The Hall–Kier alpha value is -7.94. The maximum absolute atomic E-state index is 6.29. The lowest BCUT2D eigenvalue weighted by atomic mass is 9.81. The monoisotopic (exact) mass is 805 g/mol. The minimum absolute atomic E-state index is 0.0696. The van der Waals surface area contributed by atoms with Crippen molar-refractivity contribution < 1.29 is 4.42 Å². The van der Waals surface area contributed by atoms with Crippen LogP contribution < -0.4 is 4.90 Å². The van der Waals surface area contributed by atoms with Crippen LogP contribution in [0.15, 0.2) is 229 Å². The molecule has 2 heteroatoms. The fraction of sp³-hybridized carbons (Fsp3) is 0.0492. The highest BCUT2D eigenvalue weighted by molar-refractivity contribution is 6.10. The van der Waals surface area contributed by atoms with Crippen LogP contribution in [-0.2, 0) is 5.41 Å². The molecule has 0 unspecified atom stereocenters. The third kappa shape index (κ3) is 6.02. The number of fused-ring (bicyclic) bond motifs is 7. The molecule has 12 rings (SSSR count). The molecule has 298 valence electrons. The van der Waals surface area contributed by atoms with Gasteiger partial charge in [-0.25, -0.2) is 0 Å². The molecule has 0 saturated heterocycles. The zero-order chi connectivity index (χ0) is 42.1. The Morgan fingerprint density at radius 1 is 0.349 bits per heavy atom. The van der Waals surface area contributed by atoms with Crippen molar-refractivity contribution in [1.82, 2.24) is 0 Å². The SMILES string of the molecule is CC1(C)c2ccccc2-c2ccc(-c3ccc(N(c4ccccc4-c4ccc5oc6ccccc6c5c4)c4ccccc4-c4cccc5cccc(-c6ccccc6)c45)cc3)cc21. The van der Waals surface area contributed by atoms with Gasteiger partial charge in [-0.3, -0.25) is 0 Å². The van der Waals surface area contributed by atoms with Crippen LogP contribution in [0.25, 0.3) is 88.3 Å². The second-order valence-electron chi connectivity index (χ2n) is 17.2. The zero-order valence-electron chi connectivity index (χ0n) is 35.2. The van der Waals surface area contributed by atoms with E-state index in [9.17, 15) is 0 Å². The third-order valence-corrected chi connectivity index (χ3v) is 13.3. The van der Waals surface area contributed by atoms with E-state index in [4.69, 9.17) is 4.42 Å². The fourth-order valence-corrected chi connectivity index (χ4v) is 10.2. The van der Waals surface area contributed by atoms with Crippen molar-refractivity contribution in [3.63, 3.8) is 0 Å². The Morgan fingerprint density at radius 2 is 0.937 bits per heavy atom. The number of rotatable bonds is 7. The van der Waals surface area contributed by atoms with Gasteiger partial charge in [0, 0.05) is 33.0 Å². The molecule has 63 heavy (non-hydrogen) atoms. The molecule has 0 radical (unpaired) electrons. The van der Waals surface area contributed by atoms with Gasteiger partial charge in [-0.05, 0) is 115 Å². The van der Waals surface area contributed by atoms with E-state index in [1.807, 2.05) is 12.1 Å². The molecule has 0 aliphatic heterocycles. The second kappa shape index (κ2) is 14.6. The first-order valence-electron chi connectivity index (χ1n) is 21.8. The van der Waals surface area contributed by atoms with E-state index in [1.165, 1.54) is 60.8 Å². The van der Waals surface area contributed by atoms with Crippen LogP contribution in [-0.4, -0.2) is 0 Å². The summed E-state index contributed by atoms with van der Waals surface area (Å²) in [5, 5.41) is 4.68. The Bertz CT molecular complexity index is 3530. The molecule has 0 amide bonds. The largest absolute Gasteiger partial charge is 0.456 e. The molecule has 1 aliphatic carbocycles. The molecule has 0 fully saturated rings. The lowest BCUT2D eigenvalue weighted by Gasteiger charge is -2.30. The van der Waals surface area contributed by atoms with Crippen LogP contribution in [0.3, 0.4) is 0 Å². The summed E-state index contributed by atoms with van der Waals surface area (Å²) in [6, 6.07) is 81.8. The first kappa shape index (κ1) is 36.9. The molecule has 10 aromatic carbocycles. The van der Waals surface area contributed by atoms with Gasteiger partial charge in [-0.2, -0.15) is 0 Å². The normalized spacial score (nSPS) is 12.7. The van der Waals surface area contributed by atoms with Crippen LogP contribution in [0, 0.1) is 0 Å². The first-order chi connectivity index (χ1) is 31.0. The van der Waals surface area contributed by atoms with Crippen molar-refractivity contribution in [3.05, 3.63) is 236 Å². The van der Waals surface area contributed by atoms with Crippen molar-refractivity contribution in [2.24, 2.45) is 0 Å². The molecular formula is C61H43NO. The number of anilines is 3. The average Bonchev–Trinajstić information content (AvgIpc) is 3.83. The summed E-state index contributed by atoms with van der Waals surface area (Å²) in [7, 11) is 0. The van der Waals surface area contributed by atoms with Gasteiger partial charge in [-0.15, -0.1) is 0 Å². The van der Waals surface area contributed by atoms with Crippen molar-refractivity contribution in [2.45, 2.75) is 19.3 Å². The second-order valence-corrected chi connectivity index (χ2v) is 17.2. The van der Waals surface area contributed by atoms with E-state index in [1.54, 1.807) is 0 Å². The van der Waals surface area contributed by atoms with Gasteiger partial charge in [0.2, 0.25) is 0 Å². The molecule has 2 nitrogen and oxygen atoms in total. The number of hydrogen-bond donors (Lipinski definition) is 0. The van der Waals surface area contributed by atoms with Crippen LogP contribution >= 0.6 is 0 Å². The van der Waals surface area contributed by atoms with Crippen molar-refractivity contribution in [2.75, 3.05) is 4.90 Å². The molecule has 0 saturated carbocycles. The number of benzene rings is 10. The predicted octanol–water partition coefficient (Wildman–Crippen LogP) is 17.2. The first-order valence-corrected chi connectivity index (χ1v) is 21.8. The highest BCUT2D eigenvalue weighted by Crippen LogP contribution is 2.51. The van der Waals surface area contributed by atoms with E-state index in [2.05, 4.69) is 231 Å². The van der Waals surface area contributed by atoms with Crippen LogP contribution in [0.1, 0.15) is 25.0 Å². The molecule has 11 aromatic rings. The molecule has 1 aliphatic rings. The molecule has 0 spiro atoms. The van der Waals surface area contributed by atoms with Crippen LogP contribution in [0.4, 0.5) is 17.1 Å². The Labute approximate surface area is 368 Å². The minimum Gasteiger partial charge on any atom is -0.456 e. The highest BCUT2D eigenvalue weighted by atomic mass is 16.3. The van der Waals surface area contributed by atoms with Gasteiger partial charge in [0.25, 0.3) is 0 Å². The molecule has 1 aromatic heterocycles. The summed E-state index contributed by atoms with van der Waals surface area (Å²) in [4.78, 5) is 2.46. The summed E-state index contributed by atoms with van der Waals surface area (Å²) in [6.07, 6.45) is 0. The molecule has 0 bridgehead atoms. The number of furan rings is 1. The third-order valence-electron chi connectivity index (χ3n) is 13.3. The summed E-state index contributed by atoms with van der Waals surface area (Å²) in [6.45, 7) is 4.70. The summed E-state index contributed by atoms with van der Waals surface area (Å²) < 4.78 is 6.29. The Balaban J connectivity index is 1.05. The molecule has 0 atom stereocenters. The van der Waals surface area contributed by atoms with Crippen molar-refractivity contribution in [1.29, 1.82) is 0 Å². The topological polar surface area (TPSA) is 16.4 Å². The van der Waals surface area contributed by atoms with Gasteiger partial charge in [0.15, 0.2) is 0 Å². The number of para-hydroxylation sites is 3. The van der Waals surface area contributed by atoms with Crippen molar-refractivity contribution in [3.8, 4) is 55.6 Å².